The molecule has 1 aromatic heterocycles. The number of rotatable bonds is 4. The van der Waals surface area contributed by atoms with Crippen LogP contribution in [-0.2, 0) is 12.2 Å². The zero-order chi connectivity index (χ0) is 19.7. The number of carbonyl (C=O) groups is 1. The summed E-state index contributed by atoms with van der Waals surface area (Å²) in [6, 6.07) is 9.49. The number of halogens is 2. The molecule has 0 saturated heterocycles. The summed E-state index contributed by atoms with van der Waals surface area (Å²) in [4.78, 5) is 20.1. The highest BCUT2D eigenvalue weighted by molar-refractivity contribution is 7.98. The number of thiazole rings is 1. The summed E-state index contributed by atoms with van der Waals surface area (Å²) >= 11 is 3.14. The Balaban J connectivity index is 1.63. The van der Waals surface area contributed by atoms with E-state index in [1.54, 1.807) is 35.2 Å². The Labute approximate surface area is 170 Å². The van der Waals surface area contributed by atoms with E-state index < -0.39 is 11.6 Å². The number of aryl methyl sites for hydroxylation is 1. The Bertz CT molecular complexity index is 1030. The van der Waals surface area contributed by atoms with E-state index in [0.29, 0.717) is 42.0 Å². The minimum atomic E-state index is -0.669. The number of hydrogen-bond donors (Lipinski definition) is 0. The van der Waals surface area contributed by atoms with Crippen LogP contribution in [0.25, 0.3) is 0 Å². The first kappa shape index (κ1) is 19.1. The van der Waals surface area contributed by atoms with E-state index >= 15 is 0 Å². The monoisotopic (exact) mass is 416 g/mol. The van der Waals surface area contributed by atoms with Gasteiger partial charge in [0.05, 0.1) is 22.0 Å². The van der Waals surface area contributed by atoms with Crippen LogP contribution in [0, 0.1) is 18.6 Å². The van der Waals surface area contributed by atoms with Gasteiger partial charge in [-0.25, -0.2) is 13.8 Å². The van der Waals surface area contributed by atoms with Gasteiger partial charge in [0.2, 0.25) is 0 Å². The van der Waals surface area contributed by atoms with Gasteiger partial charge in [0, 0.05) is 34.2 Å². The number of aromatic nitrogens is 1. The van der Waals surface area contributed by atoms with Gasteiger partial charge in [-0.05, 0) is 38.0 Å². The SMILES string of the molecule is Cc1nc(CSc2ccccc2C(=O)N2CCCc3c(F)cc(F)cc32)cs1. The van der Waals surface area contributed by atoms with Gasteiger partial charge in [0.25, 0.3) is 5.91 Å². The molecule has 3 nitrogen and oxygen atoms in total. The lowest BCUT2D eigenvalue weighted by molar-refractivity contribution is 0.0982. The molecule has 2 aromatic carbocycles. The lowest BCUT2D eigenvalue weighted by Crippen LogP contribution is -2.36. The molecular weight excluding hydrogens is 398 g/mol. The molecule has 0 aliphatic carbocycles. The molecule has 0 N–H and O–H groups in total. The molecule has 0 bridgehead atoms. The number of fused-ring (bicyclic) bond motifs is 1. The highest BCUT2D eigenvalue weighted by Gasteiger charge is 2.27. The second kappa shape index (κ2) is 8.01. The van der Waals surface area contributed by atoms with Crippen molar-refractivity contribution in [3.05, 3.63) is 75.2 Å². The van der Waals surface area contributed by atoms with Crippen molar-refractivity contribution < 1.29 is 13.6 Å². The maximum absolute atomic E-state index is 14.2. The van der Waals surface area contributed by atoms with Crippen molar-refractivity contribution in [1.29, 1.82) is 0 Å². The van der Waals surface area contributed by atoms with Gasteiger partial charge in [-0.1, -0.05) is 12.1 Å². The smallest absolute Gasteiger partial charge is 0.259 e. The molecule has 1 amide bonds. The lowest BCUT2D eigenvalue weighted by atomic mass is 10.00. The van der Waals surface area contributed by atoms with Crippen LogP contribution in [0.3, 0.4) is 0 Å². The molecule has 0 radical (unpaired) electrons. The van der Waals surface area contributed by atoms with Crippen LogP contribution in [0.2, 0.25) is 0 Å². The predicted octanol–water partition coefficient (Wildman–Crippen LogP) is 5.62. The Kier molecular flexibility index (Phi) is 5.46. The van der Waals surface area contributed by atoms with Crippen LogP contribution in [0.15, 0.2) is 46.7 Å². The van der Waals surface area contributed by atoms with E-state index in [0.717, 1.165) is 21.7 Å². The molecule has 7 heteroatoms. The Morgan fingerprint density at radius 2 is 2.11 bits per heavy atom. The molecule has 3 aromatic rings. The number of carbonyl (C=O) groups excluding carboxylic acids is 1. The Morgan fingerprint density at radius 1 is 1.29 bits per heavy atom. The maximum atomic E-state index is 14.2. The van der Waals surface area contributed by atoms with Crippen molar-refractivity contribution in [3.8, 4) is 0 Å². The van der Waals surface area contributed by atoms with Gasteiger partial charge in [-0.15, -0.1) is 23.1 Å². The zero-order valence-electron chi connectivity index (χ0n) is 15.2. The second-order valence-electron chi connectivity index (χ2n) is 6.59. The van der Waals surface area contributed by atoms with Crippen LogP contribution in [0.1, 0.15) is 33.0 Å². The van der Waals surface area contributed by atoms with Crippen LogP contribution in [0.4, 0.5) is 14.5 Å². The van der Waals surface area contributed by atoms with Crippen molar-refractivity contribution in [3.63, 3.8) is 0 Å². The third-order valence-corrected chi connectivity index (χ3v) is 6.57. The van der Waals surface area contributed by atoms with Gasteiger partial charge in [0.15, 0.2) is 0 Å². The summed E-state index contributed by atoms with van der Waals surface area (Å²) < 4.78 is 28.0. The molecule has 0 fully saturated rings. The fourth-order valence-corrected chi connectivity index (χ4v) is 5.02. The molecule has 0 atom stereocenters. The summed E-state index contributed by atoms with van der Waals surface area (Å²) in [6.07, 6.45) is 1.15. The summed E-state index contributed by atoms with van der Waals surface area (Å²) in [5.74, 6) is -0.829. The molecule has 144 valence electrons. The predicted molar refractivity (Wildman–Crippen MR) is 109 cm³/mol. The highest BCUT2D eigenvalue weighted by atomic mass is 32.2. The summed E-state index contributed by atoms with van der Waals surface area (Å²) in [7, 11) is 0. The minimum Gasteiger partial charge on any atom is -0.308 e. The third-order valence-electron chi connectivity index (χ3n) is 4.64. The van der Waals surface area contributed by atoms with Crippen LogP contribution in [0.5, 0.6) is 0 Å². The molecule has 28 heavy (non-hydrogen) atoms. The van der Waals surface area contributed by atoms with Gasteiger partial charge < -0.3 is 4.90 Å². The van der Waals surface area contributed by atoms with E-state index in [1.807, 2.05) is 24.4 Å². The molecule has 4 rings (SSSR count). The van der Waals surface area contributed by atoms with Crippen molar-refractivity contribution in [2.24, 2.45) is 0 Å². The van der Waals surface area contributed by atoms with Crippen LogP contribution in [-0.4, -0.2) is 17.4 Å². The molecule has 0 unspecified atom stereocenters. The van der Waals surface area contributed by atoms with Crippen molar-refractivity contribution in [1.82, 2.24) is 4.98 Å². The molecule has 2 heterocycles. The van der Waals surface area contributed by atoms with Gasteiger partial charge >= 0.3 is 0 Å². The molecular formula is C21H18F2N2OS2. The third kappa shape index (κ3) is 3.82. The molecule has 0 spiro atoms. The number of anilines is 1. The van der Waals surface area contributed by atoms with Crippen molar-refractivity contribution in [2.75, 3.05) is 11.4 Å². The topological polar surface area (TPSA) is 33.2 Å². The van der Waals surface area contributed by atoms with Crippen LogP contribution < -0.4 is 4.90 Å². The molecule has 0 saturated carbocycles. The standard InChI is InChI=1S/C21H18F2N2OS2/c1-13-24-15(11-27-13)12-28-20-7-3-2-5-17(20)21(26)25-8-4-6-16-18(23)9-14(22)10-19(16)25/h2-3,5,7,9-11H,4,6,8,12H2,1H3. The molecule has 1 aliphatic heterocycles. The Hall–Kier alpha value is -2.25. The molecule has 1 aliphatic rings. The minimum absolute atomic E-state index is 0.233. The van der Waals surface area contributed by atoms with Gasteiger partial charge in [-0.2, -0.15) is 0 Å². The fourth-order valence-electron chi connectivity index (χ4n) is 3.36. The quantitative estimate of drug-likeness (QED) is 0.518. The first-order valence-electron chi connectivity index (χ1n) is 8.95. The van der Waals surface area contributed by atoms with Gasteiger partial charge in [-0.3, -0.25) is 4.79 Å². The number of thioether (sulfide) groups is 1. The van der Waals surface area contributed by atoms with E-state index in [1.165, 1.54) is 11.0 Å². The van der Waals surface area contributed by atoms with Crippen LogP contribution >= 0.6 is 23.1 Å². The summed E-state index contributed by atoms with van der Waals surface area (Å²) in [5.41, 5.74) is 2.26. The largest absolute Gasteiger partial charge is 0.308 e. The maximum Gasteiger partial charge on any atom is 0.259 e. The Morgan fingerprint density at radius 3 is 2.89 bits per heavy atom. The zero-order valence-corrected chi connectivity index (χ0v) is 16.9. The fraction of sp³-hybridized carbons (Fsp3) is 0.238. The number of amides is 1. The van der Waals surface area contributed by atoms with Crippen molar-refractivity contribution >= 4 is 34.7 Å². The highest BCUT2D eigenvalue weighted by Crippen LogP contribution is 2.34. The normalized spacial score (nSPS) is 13.5. The second-order valence-corrected chi connectivity index (χ2v) is 8.67. The van der Waals surface area contributed by atoms with Gasteiger partial charge in [0.1, 0.15) is 11.6 Å². The average molecular weight is 417 g/mol. The van der Waals surface area contributed by atoms with E-state index in [2.05, 4.69) is 4.98 Å². The van der Waals surface area contributed by atoms with E-state index in [9.17, 15) is 13.6 Å². The van der Waals surface area contributed by atoms with E-state index in [4.69, 9.17) is 0 Å². The van der Waals surface area contributed by atoms with E-state index in [-0.39, 0.29) is 5.91 Å². The first-order valence-corrected chi connectivity index (χ1v) is 10.8. The first-order chi connectivity index (χ1) is 13.5. The van der Waals surface area contributed by atoms with Crippen molar-refractivity contribution in [2.45, 2.75) is 30.4 Å². The number of nitrogens with zero attached hydrogens (tertiary/aromatic N) is 2. The summed E-state index contributed by atoms with van der Waals surface area (Å²) in [5, 5.41) is 3.02. The summed E-state index contributed by atoms with van der Waals surface area (Å²) in [6.45, 7) is 2.40. The average Bonchev–Trinajstić information content (AvgIpc) is 3.11. The number of hydrogen-bond acceptors (Lipinski definition) is 4. The number of benzene rings is 2. The lowest BCUT2D eigenvalue weighted by Gasteiger charge is -2.30.